The Morgan fingerprint density at radius 3 is 2.70 bits per heavy atom. The molecule has 14 heteroatoms. The Hall–Kier alpha value is -4.00. The van der Waals surface area contributed by atoms with Gasteiger partial charge in [-0.15, -0.1) is 0 Å². The zero-order chi connectivity index (χ0) is 28.2. The Morgan fingerprint density at radius 2 is 1.95 bits per heavy atom. The van der Waals surface area contributed by atoms with Gasteiger partial charge in [0.25, 0.3) is 5.91 Å². The molecule has 0 aliphatic carbocycles. The summed E-state index contributed by atoms with van der Waals surface area (Å²) in [5.74, 6) is -0.942. The molecule has 0 bridgehead atoms. The number of para-hydroxylation sites is 1. The van der Waals surface area contributed by atoms with Gasteiger partial charge in [-0.2, -0.15) is 18.3 Å². The van der Waals surface area contributed by atoms with Gasteiger partial charge in [0.1, 0.15) is 6.54 Å². The first-order valence-corrected chi connectivity index (χ1v) is 13.0. The number of piperidine rings is 1. The van der Waals surface area contributed by atoms with Gasteiger partial charge in [0, 0.05) is 42.7 Å². The van der Waals surface area contributed by atoms with Gasteiger partial charge in [0.15, 0.2) is 6.10 Å². The van der Waals surface area contributed by atoms with E-state index in [1.165, 1.54) is 11.1 Å². The maximum atomic E-state index is 13.4. The number of carbonyl (C=O) groups excluding carboxylic acids is 3. The number of hydrogen-bond acceptors (Lipinski definition) is 5. The number of nitrogens with zero attached hydrogens (tertiary/aromatic N) is 3. The lowest BCUT2D eigenvalue weighted by molar-refractivity contribution is -0.167. The largest absolute Gasteiger partial charge is 0.436 e. The van der Waals surface area contributed by atoms with Crippen LogP contribution in [0.15, 0.2) is 36.5 Å². The van der Waals surface area contributed by atoms with E-state index in [0.717, 1.165) is 5.56 Å². The molecule has 210 valence electrons. The average Bonchev–Trinajstić information content (AvgIpc) is 3.36. The highest BCUT2D eigenvalue weighted by molar-refractivity contribution is 6.35. The van der Waals surface area contributed by atoms with Gasteiger partial charge >= 0.3 is 18.3 Å². The number of carbonyl (C=O) groups is 3. The van der Waals surface area contributed by atoms with Crippen LogP contribution in [0.1, 0.15) is 29.5 Å². The number of alkyl halides is 3. The second-order valence-corrected chi connectivity index (χ2v) is 10.6. The van der Waals surface area contributed by atoms with E-state index in [4.69, 9.17) is 16.3 Å². The Balaban J connectivity index is 1.23. The third-order valence-electron chi connectivity index (χ3n) is 7.77. The van der Waals surface area contributed by atoms with Gasteiger partial charge in [0.05, 0.1) is 22.3 Å². The van der Waals surface area contributed by atoms with Crippen molar-refractivity contribution in [2.24, 2.45) is 0 Å². The Morgan fingerprint density at radius 1 is 1.20 bits per heavy atom. The van der Waals surface area contributed by atoms with Crippen molar-refractivity contribution in [2.75, 3.05) is 25.0 Å². The SMILES string of the molecule is O=C1Nc2ccccc2C2(CCN(C(=O)O[C@@H]3Cc4cc(Cl)c5[nH]ncc5c4CN(CC(F)(F)F)C3=O)CC2)N1. The van der Waals surface area contributed by atoms with E-state index in [1.54, 1.807) is 6.07 Å². The summed E-state index contributed by atoms with van der Waals surface area (Å²) < 4.78 is 45.9. The number of aromatic nitrogens is 2. The second kappa shape index (κ2) is 9.58. The summed E-state index contributed by atoms with van der Waals surface area (Å²) in [7, 11) is 0. The first-order valence-electron chi connectivity index (χ1n) is 12.7. The van der Waals surface area contributed by atoms with Crippen LogP contribution in [-0.4, -0.2) is 69.9 Å². The topological polar surface area (TPSA) is 120 Å². The minimum absolute atomic E-state index is 0.137. The summed E-state index contributed by atoms with van der Waals surface area (Å²) in [6.45, 7) is -1.42. The Kier molecular flexibility index (Phi) is 6.28. The minimum Gasteiger partial charge on any atom is -0.436 e. The lowest BCUT2D eigenvalue weighted by atomic mass is 9.79. The number of amides is 4. The van der Waals surface area contributed by atoms with Crippen LogP contribution < -0.4 is 10.6 Å². The molecule has 1 spiro atoms. The number of halogens is 4. The first kappa shape index (κ1) is 26.2. The predicted octanol–water partition coefficient (Wildman–Crippen LogP) is 4.29. The quantitative estimate of drug-likeness (QED) is 0.420. The molecular formula is C26H24ClF3N6O4. The van der Waals surface area contributed by atoms with Crippen molar-refractivity contribution >= 4 is 46.2 Å². The van der Waals surface area contributed by atoms with Gasteiger partial charge < -0.3 is 25.2 Å². The van der Waals surface area contributed by atoms with Crippen molar-refractivity contribution in [2.45, 2.75) is 43.6 Å². The number of aromatic amines is 1. The van der Waals surface area contributed by atoms with Crippen LogP contribution >= 0.6 is 11.6 Å². The van der Waals surface area contributed by atoms with Gasteiger partial charge in [-0.1, -0.05) is 29.8 Å². The highest BCUT2D eigenvalue weighted by Crippen LogP contribution is 2.40. The standard InChI is InChI=1S/C26H24ClF3N6O4/c27-18-9-14-10-20(22(37)36(13-26(28,29)30)12-16(14)15-11-31-34-21(15)18)40-24(39)35-7-5-25(6-8-35)17-3-1-2-4-19(17)32-23(38)33-25/h1-4,9,11,20H,5-8,10,12-13H2,(H,31,34)(H2,32,33,38)/t20-/m1/s1. The number of H-pyrrole nitrogens is 1. The number of hydrogen-bond donors (Lipinski definition) is 3. The molecule has 3 N–H and O–H groups in total. The lowest BCUT2D eigenvalue weighted by Gasteiger charge is -2.45. The molecule has 4 amide bonds. The van der Waals surface area contributed by atoms with Crippen LogP contribution in [0.4, 0.5) is 28.4 Å². The highest BCUT2D eigenvalue weighted by Gasteiger charge is 2.44. The van der Waals surface area contributed by atoms with Gasteiger partial charge in [-0.05, 0) is 36.1 Å². The van der Waals surface area contributed by atoms with E-state index in [-0.39, 0.29) is 32.1 Å². The third kappa shape index (κ3) is 4.67. The summed E-state index contributed by atoms with van der Waals surface area (Å²) in [5.41, 5.74) is 2.33. The molecule has 4 heterocycles. The molecule has 3 aliphatic heterocycles. The second-order valence-electron chi connectivity index (χ2n) is 10.2. The van der Waals surface area contributed by atoms with Crippen molar-refractivity contribution in [3.63, 3.8) is 0 Å². The molecule has 1 aromatic heterocycles. The predicted molar refractivity (Wildman–Crippen MR) is 138 cm³/mol. The fourth-order valence-corrected chi connectivity index (χ4v) is 6.14. The zero-order valence-corrected chi connectivity index (χ0v) is 21.7. The maximum absolute atomic E-state index is 13.4. The average molecular weight is 577 g/mol. The van der Waals surface area contributed by atoms with Crippen LogP contribution in [0.2, 0.25) is 5.02 Å². The number of benzene rings is 2. The van der Waals surface area contributed by atoms with Crippen LogP contribution in [-0.2, 0) is 28.0 Å². The number of anilines is 1. The number of rotatable bonds is 2. The van der Waals surface area contributed by atoms with Crippen molar-refractivity contribution in [1.82, 2.24) is 25.3 Å². The van der Waals surface area contributed by atoms with E-state index in [1.807, 2.05) is 24.3 Å². The van der Waals surface area contributed by atoms with Crippen LogP contribution in [0.25, 0.3) is 10.9 Å². The minimum atomic E-state index is -4.66. The van der Waals surface area contributed by atoms with Crippen LogP contribution in [0, 0.1) is 0 Å². The maximum Gasteiger partial charge on any atom is 0.410 e. The first-order chi connectivity index (χ1) is 19.0. The molecule has 2 aromatic carbocycles. The fraction of sp³-hybridized carbons (Fsp3) is 0.385. The van der Waals surface area contributed by atoms with E-state index in [0.29, 0.717) is 50.5 Å². The van der Waals surface area contributed by atoms with Crippen molar-refractivity contribution in [1.29, 1.82) is 0 Å². The highest BCUT2D eigenvalue weighted by atomic mass is 35.5. The van der Waals surface area contributed by atoms with E-state index in [2.05, 4.69) is 20.8 Å². The number of nitrogens with one attached hydrogen (secondary N) is 3. The summed E-state index contributed by atoms with van der Waals surface area (Å²) >= 11 is 6.36. The third-order valence-corrected chi connectivity index (χ3v) is 8.06. The van der Waals surface area contributed by atoms with E-state index < -0.39 is 36.4 Å². The molecule has 1 atom stereocenters. The number of urea groups is 1. The number of ether oxygens (including phenoxy) is 1. The van der Waals surface area contributed by atoms with Crippen LogP contribution in [0.3, 0.4) is 0 Å². The summed E-state index contributed by atoms with van der Waals surface area (Å²) in [6, 6.07) is 8.63. The molecule has 0 saturated carbocycles. The van der Waals surface area contributed by atoms with Gasteiger partial charge in [-0.25, -0.2) is 9.59 Å². The normalized spacial score (nSPS) is 20.4. The lowest BCUT2D eigenvalue weighted by Crippen LogP contribution is -2.57. The van der Waals surface area contributed by atoms with Crippen molar-refractivity contribution in [3.8, 4) is 0 Å². The van der Waals surface area contributed by atoms with E-state index in [9.17, 15) is 27.6 Å². The van der Waals surface area contributed by atoms with Gasteiger partial charge in [0.2, 0.25) is 0 Å². The Labute approximate surface area is 230 Å². The molecular weight excluding hydrogens is 553 g/mol. The van der Waals surface area contributed by atoms with Crippen molar-refractivity contribution < 1.29 is 32.3 Å². The smallest absolute Gasteiger partial charge is 0.410 e. The number of likely N-dealkylation sites (tertiary alicyclic amines) is 1. The summed E-state index contributed by atoms with van der Waals surface area (Å²) in [4.78, 5) is 40.9. The molecule has 40 heavy (non-hydrogen) atoms. The van der Waals surface area contributed by atoms with Gasteiger partial charge in [-0.3, -0.25) is 9.89 Å². The zero-order valence-electron chi connectivity index (χ0n) is 21.0. The number of fused-ring (bicyclic) bond motifs is 5. The molecule has 6 rings (SSSR count). The molecule has 0 unspecified atom stereocenters. The molecule has 0 radical (unpaired) electrons. The van der Waals surface area contributed by atoms with Crippen molar-refractivity contribution in [3.05, 3.63) is 58.2 Å². The fourth-order valence-electron chi connectivity index (χ4n) is 5.86. The molecule has 3 aromatic rings. The monoisotopic (exact) mass is 576 g/mol. The summed E-state index contributed by atoms with van der Waals surface area (Å²) in [6.07, 6.45) is -4.86. The molecule has 1 saturated heterocycles. The summed E-state index contributed by atoms with van der Waals surface area (Å²) in [5, 5.41) is 13.2. The molecule has 3 aliphatic rings. The molecule has 1 fully saturated rings. The van der Waals surface area contributed by atoms with Crippen LogP contribution in [0.5, 0.6) is 0 Å². The molecule has 10 nitrogen and oxygen atoms in total. The Bertz CT molecular complexity index is 1520. The van der Waals surface area contributed by atoms with E-state index >= 15 is 0 Å².